The first-order chi connectivity index (χ1) is 9.94. The Morgan fingerprint density at radius 3 is 2.19 bits per heavy atom. The predicted octanol–water partition coefficient (Wildman–Crippen LogP) is 5.51. The van der Waals surface area contributed by atoms with E-state index in [1.54, 1.807) is 12.1 Å². The van der Waals surface area contributed by atoms with Crippen LogP contribution in [0.15, 0.2) is 59.5 Å². The van der Waals surface area contributed by atoms with E-state index >= 15 is 0 Å². The number of alkyl halides is 3. The summed E-state index contributed by atoms with van der Waals surface area (Å²) in [5.41, 5.74) is -2.19. The van der Waals surface area contributed by atoms with Crippen LogP contribution in [-0.2, 0) is 0 Å². The second-order valence-corrected chi connectivity index (χ2v) is 5.90. The normalized spacial score (nSPS) is 13.0. The number of halogens is 3. The molecule has 0 fully saturated rings. The van der Waals surface area contributed by atoms with Crippen molar-refractivity contribution in [3.63, 3.8) is 0 Å². The molecule has 1 nitrogen and oxygen atoms in total. The van der Waals surface area contributed by atoms with Gasteiger partial charge in [-0.3, -0.25) is 0 Å². The fourth-order valence-electron chi connectivity index (χ4n) is 1.94. The maximum Gasteiger partial charge on any atom is 0.446 e. The van der Waals surface area contributed by atoms with Gasteiger partial charge in [-0.05, 0) is 47.5 Å². The van der Waals surface area contributed by atoms with Crippen molar-refractivity contribution < 1.29 is 13.2 Å². The third-order valence-corrected chi connectivity index (χ3v) is 3.81. The molecule has 112 valence electrons. The highest BCUT2D eigenvalue weighted by Crippen LogP contribution is 2.37. The minimum Gasteiger partial charge on any atom is -0.384 e. The maximum absolute atomic E-state index is 12.2. The van der Waals surface area contributed by atoms with Crippen LogP contribution in [-0.4, -0.2) is 12.1 Å². The Labute approximate surface area is 126 Å². The minimum absolute atomic E-state index is 0.0971. The molecule has 2 rings (SSSR count). The van der Waals surface area contributed by atoms with Crippen molar-refractivity contribution in [3.05, 3.63) is 60.2 Å². The molecule has 2 aromatic rings. The molecule has 2 aromatic carbocycles. The van der Waals surface area contributed by atoms with Gasteiger partial charge in [-0.15, -0.1) is 0 Å². The zero-order chi connectivity index (χ0) is 15.3. The van der Waals surface area contributed by atoms with E-state index in [1.807, 2.05) is 18.2 Å². The molecule has 1 unspecified atom stereocenters. The molecule has 0 amide bonds. The lowest BCUT2D eigenvalue weighted by Crippen LogP contribution is -2.09. The van der Waals surface area contributed by atoms with Gasteiger partial charge in [0, 0.05) is 17.1 Å². The molecule has 0 aliphatic heterocycles. The Balaban J connectivity index is 1.89. The molecule has 0 bridgehead atoms. The first kappa shape index (κ1) is 15.8. The Hall–Kier alpha value is -1.62. The fourth-order valence-corrected chi connectivity index (χ4v) is 2.48. The lowest BCUT2D eigenvalue weighted by molar-refractivity contribution is -0.0328. The van der Waals surface area contributed by atoms with Crippen LogP contribution in [0.1, 0.15) is 18.4 Å². The maximum atomic E-state index is 12.2. The molecular weight excluding hydrogens is 295 g/mol. The van der Waals surface area contributed by atoms with Crippen molar-refractivity contribution in [2.24, 2.45) is 0 Å². The lowest BCUT2D eigenvalue weighted by atomic mass is 10.0. The van der Waals surface area contributed by atoms with Gasteiger partial charge in [0.1, 0.15) is 0 Å². The summed E-state index contributed by atoms with van der Waals surface area (Å²) in [6.07, 6.45) is 0. The molecule has 21 heavy (non-hydrogen) atoms. The van der Waals surface area contributed by atoms with Gasteiger partial charge in [-0.1, -0.05) is 37.3 Å². The van der Waals surface area contributed by atoms with Gasteiger partial charge in [0.25, 0.3) is 0 Å². The quantitative estimate of drug-likeness (QED) is 0.730. The first-order valence-corrected chi connectivity index (χ1v) is 7.40. The van der Waals surface area contributed by atoms with Crippen molar-refractivity contribution in [2.45, 2.75) is 23.2 Å². The van der Waals surface area contributed by atoms with Crippen LogP contribution < -0.4 is 5.32 Å². The summed E-state index contributed by atoms with van der Waals surface area (Å²) in [6.45, 7) is 2.84. The fraction of sp³-hybridized carbons (Fsp3) is 0.250. The molecule has 0 saturated heterocycles. The van der Waals surface area contributed by atoms with Crippen LogP contribution in [0.3, 0.4) is 0 Å². The Morgan fingerprint density at radius 2 is 1.62 bits per heavy atom. The highest BCUT2D eigenvalue weighted by Gasteiger charge is 2.28. The van der Waals surface area contributed by atoms with Crippen molar-refractivity contribution in [1.29, 1.82) is 0 Å². The standard InChI is InChI=1S/C16H16F3NS/c1-12(13-5-3-2-4-6-13)11-20-14-7-9-15(10-8-14)21-16(17,18)19/h2-10,12,20H,11H2,1H3. The number of thioether (sulfide) groups is 1. The van der Waals surface area contributed by atoms with E-state index in [9.17, 15) is 13.2 Å². The highest BCUT2D eigenvalue weighted by atomic mass is 32.2. The van der Waals surface area contributed by atoms with E-state index in [0.29, 0.717) is 5.92 Å². The van der Waals surface area contributed by atoms with Crippen LogP contribution in [0.2, 0.25) is 0 Å². The average Bonchev–Trinajstić information content (AvgIpc) is 2.45. The lowest BCUT2D eigenvalue weighted by Gasteiger charge is -2.14. The molecule has 1 N–H and O–H groups in total. The van der Waals surface area contributed by atoms with Gasteiger partial charge in [0.15, 0.2) is 0 Å². The van der Waals surface area contributed by atoms with E-state index in [-0.39, 0.29) is 16.7 Å². The Bertz CT molecular complexity index is 552. The van der Waals surface area contributed by atoms with Crippen LogP contribution in [0.25, 0.3) is 0 Å². The summed E-state index contributed by atoms with van der Waals surface area (Å²) >= 11 is -0.0971. The number of hydrogen-bond donors (Lipinski definition) is 1. The summed E-state index contributed by atoms with van der Waals surface area (Å²) in [7, 11) is 0. The largest absolute Gasteiger partial charge is 0.446 e. The average molecular weight is 311 g/mol. The molecule has 0 saturated carbocycles. The summed E-state index contributed by atoms with van der Waals surface area (Å²) in [5.74, 6) is 0.329. The Kier molecular flexibility index (Phi) is 5.17. The molecule has 0 spiro atoms. The van der Waals surface area contributed by atoms with E-state index < -0.39 is 5.51 Å². The predicted molar refractivity (Wildman–Crippen MR) is 81.7 cm³/mol. The minimum atomic E-state index is -4.24. The van der Waals surface area contributed by atoms with Crippen LogP contribution in [0.4, 0.5) is 18.9 Å². The topological polar surface area (TPSA) is 12.0 Å². The van der Waals surface area contributed by atoms with E-state index in [2.05, 4.69) is 24.4 Å². The molecule has 0 aromatic heterocycles. The van der Waals surface area contributed by atoms with Gasteiger partial charge < -0.3 is 5.32 Å². The van der Waals surface area contributed by atoms with Gasteiger partial charge in [-0.2, -0.15) is 13.2 Å². The zero-order valence-corrected chi connectivity index (χ0v) is 12.3. The molecule has 0 aliphatic carbocycles. The Morgan fingerprint density at radius 1 is 1.00 bits per heavy atom. The molecule has 5 heteroatoms. The second-order valence-electron chi connectivity index (χ2n) is 4.76. The zero-order valence-electron chi connectivity index (χ0n) is 11.5. The SMILES string of the molecule is CC(CNc1ccc(SC(F)(F)F)cc1)c1ccccc1. The van der Waals surface area contributed by atoms with Gasteiger partial charge >= 0.3 is 5.51 Å². The number of anilines is 1. The molecule has 0 aliphatic rings. The smallest absolute Gasteiger partial charge is 0.384 e. The molecular formula is C16H16F3NS. The van der Waals surface area contributed by atoms with Gasteiger partial charge in [-0.25, -0.2) is 0 Å². The molecule has 0 heterocycles. The summed E-state index contributed by atoms with van der Waals surface area (Å²) < 4.78 is 36.7. The van der Waals surface area contributed by atoms with Crippen LogP contribution in [0.5, 0.6) is 0 Å². The van der Waals surface area contributed by atoms with Crippen molar-refractivity contribution >= 4 is 17.4 Å². The first-order valence-electron chi connectivity index (χ1n) is 6.59. The van der Waals surface area contributed by atoms with E-state index in [1.165, 1.54) is 17.7 Å². The molecule has 1 atom stereocenters. The van der Waals surface area contributed by atoms with E-state index in [4.69, 9.17) is 0 Å². The van der Waals surface area contributed by atoms with Gasteiger partial charge in [0.05, 0.1) is 0 Å². The summed E-state index contributed by atoms with van der Waals surface area (Å²) in [4.78, 5) is 0.198. The number of rotatable bonds is 5. The third-order valence-electron chi connectivity index (χ3n) is 3.07. The van der Waals surface area contributed by atoms with Crippen LogP contribution in [0, 0.1) is 0 Å². The molecule has 0 radical (unpaired) electrons. The summed E-state index contributed by atoms with van der Waals surface area (Å²) in [5, 5.41) is 3.24. The van der Waals surface area contributed by atoms with Crippen molar-refractivity contribution in [3.8, 4) is 0 Å². The number of hydrogen-bond acceptors (Lipinski definition) is 2. The highest BCUT2D eigenvalue weighted by molar-refractivity contribution is 8.00. The third kappa shape index (κ3) is 5.34. The van der Waals surface area contributed by atoms with E-state index in [0.717, 1.165) is 12.2 Å². The monoisotopic (exact) mass is 311 g/mol. The summed E-state index contributed by atoms with van der Waals surface area (Å²) in [6, 6.07) is 16.4. The van der Waals surface area contributed by atoms with Crippen LogP contribution >= 0.6 is 11.8 Å². The number of nitrogens with one attached hydrogen (secondary N) is 1. The second kappa shape index (κ2) is 6.89. The number of benzene rings is 2. The van der Waals surface area contributed by atoms with Crippen molar-refractivity contribution in [1.82, 2.24) is 0 Å². The van der Waals surface area contributed by atoms with Gasteiger partial charge in [0.2, 0.25) is 0 Å². The van der Waals surface area contributed by atoms with Crippen molar-refractivity contribution in [2.75, 3.05) is 11.9 Å².